The fourth-order valence-electron chi connectivity index (χ4n) is 3.87. The molecular formula is C24H30N2O2. The zero-order valence-corrected chi connectivity index (χ0v) is 17.4. The third kappa shape index (κ3) is 4.27. The number of carbonyl (C=O) groups is 2. The lowest BCUT2D eigenvalue weighted by Gasteiger charge is -2.34. The molecule has 1 fully saturated rings. The lowest BCUT2D eigenvalue weighted by Crippen LogP contribution is -2.44. The molecule has 28 heavy (non-hydrogen) atoms. The van der Waals surface area contributed by atoms with Gasteiger partial charge in [0.1, 0.15) is 0 Å². The normalized spacial score (nSPS) is 14.8. The van der Waals surface area contributed by atoms with Crippen LogP contribution >= 0.6 is 0 Å². The molecule has 2 amide bonds. The van der Waals surface area contributed by atoms with Crippen LogP contribution in [0.2, 0.25) is 0 Å². The number of hydrogen-bond donors (Lipinski definition) is 0. The van der Waals surface area contributed by atoms with Crippen molar-refractivity contribution >= 4 is 17.5 Å². The number of anilines is 1. The van der Waals surface area contributed by atoms with Crippen molar-refractivity contribution in [3.05, 3.63) is 64.7 Å². The van der Waals surface area contributed by atoms with Crippen LogP contribution in [0.25, 0.3) is 0 Å². The molecule has 0 N–H and O–H groups in total. The number of benzene rings is 2. The Morgan fingerprint density at radius 3 is 2.32 bits per heavy atom. The third-order valence-electron chi connectivity index (χ3n) is 5.78. The van der Waals surface area contributed by atoms with Gasteiger partial charge >= 0.3 is 0 Å². The van der Waals surface area contributed by atoms with E-state index in [1.54, 1.807) is 0 Å². The maximum atomic E-state index is 13.1. The number of aryl methyl sites for hydroxylation is 3. The van der Waals surface area contributed by atoms with E-state index in [-0.39, 0.29) is 17.7 Å². The van der Waals surface area contributed by atoms with Crippen LogP contribution in [-0.4, -0.2) is 36.3 Å². The van der Waals surface area contributed by atoms with Crippen LogP contribution in [-0.2, 0) is 4.79 Å². The van der Waals surface area contributed by atoms with Crippen molar-refractivity contribution in [2.45, 2.75) is 40.5 Å². The van der Waals surface area contributed by atoms with Gasteiger partial charge in [-0.3, -0.25) is 9.59 Å². The number of likely N-dealkylation sites (tertiary alicyclic amines) is 1. The highest BCUT2D eigenvalue weighted by molar-refractivity contribution is 5.96. The first kappa shape index (κ1) is 20.1. The zero-order valence-electron chi connectivity index (χ0n) is 17.4. The second-order valence-corrected chi connectivity index (χ2v) is 7.79. The molecule has 1 aliphatic heterocycles. The van der Waals surface area contributed by atoms with Gasteiger partial charge in [-0.25, -0.2) is 0 Å². The van der Waals surface area contributed by atoms with Crippen LogP contribution in [0, 0.1) is 26.7 Å². The lowest BCUT2D eigenvalue weighted by molar-refractivity contribution is -0.123. The lowest BCUT2D eigenvalue weighted by atomic mass is 9.94. The van der Waals surface area contributed by atoms with Crippen molar-refractivity contribution in [2.24, 2.45) is 5.92 Å². The van der Waals surface area contributed by atoms with Crippen LogP contribution in [0.4, 0.5) is 5.69 Å². The van der Waals surface area contributed by atoms with Gasteiger partial charge in [0, 0.05) is 36.8 Å². The van der Waals surface area contributed by atoms with E-state index in [1.807, 2.05) is 67.0 Å². The van der Waals surface area contributed by atoms with Gasteiger partial charge in [0.15, 0.2) is 0 Å². The van der Waals surface area contributed by atoms with E-state index in [2.05, 4.69) is 13.0 Å². The summed E-state index contributed by atoms with van der Waals surface area (Å²) in [6, 6.07) is 13.9. The SMILES string of the molecule is CCN(C(=O)C1CCN(C(=O)c2ccc(C)c(C)c2)CC1)c1cccc(C)c1. The minimum atomic E-state index is -0.0238. The van der Waals surface area contributed by atoms with Gasteiger partial charge in [-0.05, 0) is 81.5 Å². The van der Waals surface area contributed by atoms with Crippen molar-refractivity contribution in [1.82, 2.24) is 4.90 Å². The summed E-state index contributed by atoms with van der Waals surface area (Å²) in [6.45, 7) is 10.1. The van der Waals surface area contributed by atoms with E-state index >= 15 is 0 Å². The predicted molar refractivity (Wildman–Crippen MR) is 114 cm³/mol. The largest absolute Gasteiger partial charge is 0.339 e. The number of rotatable bonds is 4. The highest BCUT2D eigenvalue weighted by atomic mass is 16.2. The standard InChI is InChI=1S/C24H30N2O2/c1-5-26(22-8-6-7-17(2)15-22)24(28)20-11-13-25(14-12-20)23(27)21-10-9-18(3)19(4)16-21/h6-10,15-16,20H,5,11-14H2,1-4H3. The van der Waals surface area contributed by atoms with Crippen molar-refractivity contribution in [3.8, 4) is 0 Å². The van der Waals surface area contributed by atoms with Crippen LogP contribution in [0.3, 0.4) is 0 Å². The summed E-state index contributed by atoms with van der Waals surface area (Å²) in [4.78, 5) is 29.7. The Hall–Kier alpha value is -2.62. The van der Waals surface area contributed by atoms with Gasteiger partial charge in [0.05, 0.1) is 0 Å². The molecule has 4 heteroatoms. The molecule has 2 aromatic rings. The minimum Gasteiger partial charge on any atom is -0.339 e. The van der Waals surface area contributed by atoms with E-state index in [4.69, 9.17) is 0 Å². The van der Waals surface area contributed by atoms with Crippen LogP contribution in [0.1, 0.15) is 46.8 Å². The molecule has 0 atom stereocenters. The smallest absolute Gasteiger partial charge is 0.253 e. The zero-order chi connectivity index (χ0) is 20.3. The minimum absolute atomic E-state index is 0.0238. The molecule has 4 nitrogen and oxygen atoms in total. The Morgan fingerprint density at radius 1 is 1.00 bits per heavy atom. The van der Waals surface area contributed by atoms with Gasteiger partial charge in [-0.2, -0.15) is 0 Å². The molecule has 1 aliphatic rings. The fourth-order valence-corrected chi connectivity index (χ4v) is 3.87. The van der Waals surface area contributed by atoms with E-state index in [0.717, 1.165) is 35.2 Å². The molecule has 2 aromatic carbocycles. The quantitative estimate of drug-likeness (QED) is 0.785. The second kappa shape index (κ2) is 8.59. The van der Waals surface area contributed by atoms with Gasteiger partial charge < -0.3 is 9.80 Å². The summed E-state index contributed by atoms with van der Waals surface area (Å²) in [5.74, 6) is 0.218. The molecular weight excluding hydrogens is 348 g/mol. The maximum Gasteiger partial charge on any atom is 0.253 e. The average Bonchev–Trinajstić information content (AvgIpc) is 2.70. The van der Waals surface area contributed by atoms with E-state index in [9.17, 15) is 9.59 Å². The third-order valence-corrected chi connectivity index (χ3v) is 5.78. The highest BCUT2D eigenvalue weighted by Crippen LogP contribution is 2.25. The Kier molecular flexibility index (Phi) is 6.18. The second-order valence-electron chi connectivity index (χ2n) is 7.79. The van der Waals surface area contributed by atoms with Crippen molar-refractivity contribution in [1.29, 1.82) is 0 Å². The molecule has 0 bridgehead atoms. The van der Waals surface area contributed by atoms with E-state index < -0.39 is 0 Å². The summed E-state index contributed by atoms with van der Waals surface area (Å²) in [7, 11) is 0. The predicted octanol–water partition coefficient (Wildman–Crippen LogP) is 4.52. The number of amides is 2. The van der Waals surface area contributed by atoms with Gasteiger partial charge in [-0.1, -0.05) is 18.2 Å². The Morgan fingerprint density at radius 2 is 1.71 bits per heavy atom. The van der Waals surface area contributed by atoms with Crippen molar-refractivity contribution < 1.29 is 9.59 Å². The first-order valence-electron chi connectivity index (χ1n) is 10.1. The van der Waals surface area contributed by atoms with Gasteiger partial charge in [0.25, 0.3) is 5.91 Å². The fraction of sp³-hybridized carbons (Fsp3) is 0.417. The molecule has 0 aliphatic carbocycles. The van der Waals surface area contributed by atoms with Crippen molar-refractivity contribution in [2.75, 3.05) is 24.5 Å². The Balaban J connectivity index is 1.64. The molecule has 0 aromatic heterocycles. The molecule has 148 valence electrons. The molecule has 1 saturated heterocycles. The number of carbonyl (C=O) groups excluding carboxylic acids is 2. The number of nitrogens with zero attached hydrogens (tertiary/aromatic N) is 2. The first-order valence-corrected chi connectivity index (χ1v) is 10.1. The van der Waals surface area contributed by atoms with E-state index in [1.165, 1.54) is 5.56 Å². The summed E-state index contributed by atoms with van der Waals surface area (Å²) >= 11 is 0. The topological polar surface area (TPSA) is 40.6 Å². The summed E-state index contributed by atoms with van der Waals surface area (Å²) in [5.41, 5.74) is 5.17. The molecule has 0 unspecified atom stereocenters. The number of piperidine rings is 1. The number of hydrogen-bond acceptors (Lipinski definition) is 2. The van der Waals surface area contributed by atoms with E-state index in [0.29, 0.717) is 19.6 Å². The molecule has 0 saturated carbocycles. The van der Waals surface area contributed by atoms with Gasteiger partial charge in [0.2, 0.25) is 5.91 Å². The summed E-state index contributed by atoms with van der Waals surface area (Å²) in [6.07, 6.45) is 1.44. The molecule has 3 rings (SSSR count). The molecule has 0 spiro atoms. The Bertz CT molecular complexity index is 867. The van der Waals surface area contributed by atoms with Gasteiger partial charge in [-0.15, -0.1) is 0 Å². The molecule has 1 heterocycles. The summed E-state index contributed by atoms with van der Waals surface area (Å²) in [5, 5.41) is 0. The Labute approximate surface area is 168 Å². The van der Waals surface area contributed by atoms with Crippen LogP contribution in [0.15, 0.2) is 42.5 Å². The first-order chi connectivity index (χ1) is 13.4. The monoisotopic (exact) mass is 378 g/mol. The van der Waals surface area contributed by atoms with Crippen LogP contribution < -0.4 is 4.90 Å². The maximum absolute atomic E-state index is 13.1. The summed E-state index contributed by atoms with van der Waals surface area (Å²) < 4.78 is 0. The molecule has 0 radical (unpaired) electrons. The highest BCUT2D eigenvalue weighted by Gasteiger charge is 2.30. The average molecular weight is 379 g/mol. The van der Waals surface area contributed by atoms with Crippen molar-refractivity contribution in [3.63, 3.8) is 0 Å². The van der Waals surface area contributed by atoms with Crippen LogP contribution in [0.5, 0.6) is 0 Å².